The third-order valence-corrected chi connectivity index (χ3v) is 6.06. The Morgan fingerprint density at radius 1 is 1.22 bits per heavy atom. The number of hydrogen-bond donors (Lipinski definition) is 2. The fourth-order valence-electron chi connectivity index (χ4n) is 4.21. The second-order valence-electron chi connectivity index (χ2n) is 8.46. The molecule has 2 unspecified atom stereocenters. The van der Waals surface area contributed by atoms with Crippen molar-refractivity contribution in [1.82, 2.24) is 25.3 Å². The number of morpholine rings is 1. The van der Waals surface area contributed by atoms with Crippen LogP contribution in [0.3, 0.4) is 0 Å². The first kappa shape index (κ1) is 24.2. The molecule has 0 bridgehead atoms. The molecule has 2 atom stereocenters. The topological polar surface area (TPSA) is 66.7 Å². The minimum Gasteiger partial charge on any atom is -0.379 e. The SMILES string of the molecule is CCNC(=NCC(c1ccc(F)cc1)N1CCOCC1)NC(C)Cc1c(C)nn(C)c1C. The van der Waals surface area contributed by atoms with Crippen LogP contribution in [0.25, 0.3) is 0 Å². The van der Waals surface area contributed by atoms with Crippen LogP contribution in [0, 0.1) is 19.7 Å². The summed E-state index contributed by atoms with van der Waals surface area (Å²) in [5.41, 5.74) is 4.62. The third-order valence-electron chi connectivity index (χ3n) is 6.06. The fraction of sp³-hybridized carbons (Fsp3) is 0.583. The Balaban J connectivity index is 1.73. The van der Waals surface area contributed by atoms with E-state index in [1.165, 1.54) is 23.4 Å². The molecule has 176 valence electrons. The highest BCUT2D eigenvalue weighted by molar-refractivity contribution is 5.80. The molecule has 0 saturated carbocycles. The van der Waals surface area contributed by atoms with Crippen molar-refractivity contribution in [2.75, 3.05) is 39.4 Å². The van der Waals surface area contributed by atoms with Crippen LogP contribution in [0.5, 0.6) is 0 Å². The van der Waals surface area contributed by atoms with Gasteiger partial charge in [-0.1, -0.05) is 12.1 Å². The van der Waals surface area contributed by atoms with Crippen LogP contribution >= 0.6 is 0 Å². The maximum absolute atomic E-state index is 13.5. The van der Waals surface area contributed by atoms with E-state index in [1.54, 1.807) is 0 Å². The van der Waals surface area contributed by atoms with Gasteiger partial charge in [0.05, 0.1) is 31.5 Å². The molecule has 1 fully saturated rings. The van der Waals surface area contributed by atoms with Crippen molar-refractivity contribution in [1.29, 1.82) is 0 Å². The van der Waals surface area contributed by atoms with E-state index in [-0.39, 0.29) is 17.9 Å². The molecule has 1 aromatic heterocycles. The van der Waals surface area contributed by atoms with E-state index in [2.05, 4.69) is 48.3 Å². The largest absolute Gasteiger partial charge is 0.379 e. The van der Waals surface area contributed by atoms with E-state index in [9.17, 15) is 4.39 Å². The molecular formula is C24H37FN6O. The lowest BCUT2D eigenvalue weighted by atomic mass is 10.0. The van der Waals surface area contributed by atoms with Crippen molar-refractivity contribution in [3.8, 4) is 0 Å². The molecule has 1 saturated heterocycles. The maximum atomic E-state index is 13.5. The van der Waals surface area contributed by atoms with Crippen LogP contribution in [0.4, 0.5) is 4.39 Å². The molecule has 1 aromatic carbocycles. The van der Waals surface area contributed by atoms with Gasteiger partial charge in [-0.3, -0.25) is 14.6 Å². The number of ether oxygens (including phenoxy) is 1. The van der Waals surface area contributed by atoms with Gasteiger partial charge in [0.15, 0.2) is 5.96 Å². The van der Waals surface area contributed by atoms with Crippen molar-refractivity contribution in [3.63, 3.8) is 0 Å². The van der Waals surface area contributed by atoms with Crippen LogP contribution in [0.15, 0.2) is 29.3 Å². The number of halogens is 1. The van der Waals surface area contributed by atoms with Crippen LogP contribution < -0.4 is 10.6 Å². The molecule has 8 heteroatoms. The molecule has 32 heavy (non-hydrogen) atoms. The molecule has 7 nitrogen and oxygen atoms in total. The van der Waals surface area contributed by atoms with Crippen LogP contribution in [0.1, 0.15) is 42.4 Å². The third kappa shape index (κ3) is 6.29. The van der Waals surface area contributed by atoms with Gasteiger partial charge in [-0.2, -0.15) is 5.10 Å². The number of aliphatic imine (C=N–C) groups is 1. The number of nitrogens with one attached hydrogen (secondary N) is 2. The lowest BCUT2D eigenvalue weighted by molar-refractivity contribution is 0.0179. The quantitative estimate of drug-likeness (QED) is 0.484. The van der Waals surface area contributed by atoms with Crippen molar-refractivity contribution in [2.24, 2.45) is 12.0 Å². The molecule has 0 amide bonds. The summed E-state index contributed by atoms with van der Waals surface area (Å²) in [5, 5.41) is 11.4. The van der Waals surface area contributed by atoms with Crippen LogP contribution in [-0.2, 0) is 18.2 Å². The van der Waals surface area contributed by atoms with Gasteiger partial charge < -0.3 is 15.4 Å². The van der Waals surface area contributed by atoms with Gasteiger partial charge >= 0.3 is 0 Å². The Hall–Kier alpha value is -2.45. The first-order chi connectivity index (χ1) is 15.4. The second kappa shape index (κ2) is 11.4. The summed E-state index contributed by atoms with van der Waals surface area (Å²) >= 11 is 0. The normalized spacial score (nSPS) is 17.2. The van der Waals surface area contributed by atoms with E-state index in [0.717, 1.165) is 43.3 Å². The van der Waals surface area contributed by atoms with E-state index < -0.39 is 0 Å². The number of nitrogens with zero attached hydrogens (tertiary/aromatic N) is 4. The molecule has 1 aliphatic rings. The molecule has 2 N–H and O–H groups in total. The summed E-state index contributed by atoms with van der Waals surface area (Å²) in [6.45, 7) is 12.9. The van der Waals surface area contributed by atoms with Gasteiger partial charge in [0.1, 0.15) is 5.82 Å². The zero-order chi connectivity index (χ0) is 23.1. The predicted octanol–water partition coefficient (Wildman–Crippen LogP) is 2.74. The van der Waals surface area contributed by atoms with Crippen LogP contribution in [0.2, 0.25) is 0 Å². The Labute approximate surface area is 191 Å². The Morgan fingerprint density at radius 3 is 2.50 bits per heavy atom. The molecule has 3 rings (SSSR count). The molecule has 0 spiro atoms. The zero-order valence-electron chi connectivity index (χ0n) is 20.0. The van der Waals surface area contributed by atoms with Crippen LogP contribution in [-0.4, -0.2) is 66.1 Å². The Kier molecular flexibility index (Phi) is 8.64. The van der Waals surface area contributed by atoms with Gasteiger partial charge in [-0.05, 0) is 57.4 Å². The lowest BCUT2D eigenvalue weighted by Gasteiger charge is -2.34. The maximum Gasteiger partial charge on any atom is 0.191 e. The molecule has 0 radical (unpaired) electrons. The summed E-state index contributed by atoms with van der Waals surface area (Å²) < 4.78 is 21.0. The number of aromatic nitrogens is 2. The standard InChI is InChI=1S/C24H37FN6O/c1-6-26-24(28-17(2)15-22-18(3)29-30(5)19(22)4)27-16-23(31-11-13-32-14-12-31)20-7-9-21(25)10-8-20/h7-10,17,23H,6,11-16H2,1-5H3,(H2,26,27,28). The van der Waals surface area contributed by atoms with Crippen molar-refractivity contribution < 1.29 is 9.13 Å². The smallest absolute Gasteiger partial charge is 0.191 e. The highest BCUT2D eigenvalue weighted by Crippen LogP contribution is 2.23. The summed E-state index contributed by atoms with van der Waals surface area (Å²) in [7, 11) is 1.98. The summed E-state index contributed by atoms with van der Waals surface area (Å²) in [6.07, 6.45) is 0.876. The molecule has 2 heterocycles. The minimum absolute atomic E-state index is 0.0769. The van der Waals surface area contributed by atoms with Gasteiger partial charge in [0, 0.05) is 38.4 Å². The first-order valence-electron chi connectivity index (χ1n) is 11.5. The number of hydrogen-bond acceptors (Lipinski definition) is 4. The van der Waals surface area contributed by atoms with E-state index in [4.69, 9.17) is 9.73 Å². The van der Waals surface area contributed by atoms with Crippen molar-refractivity contribution in [2.45, 2.75) is 46.2 Å². The zero-order valence-corrected chi connectivity index (χ0v) is 20.0. The number of guanidine groups is 1. The van der Waals surface area contributed by atoms with Gasteiger partial charge in [0.25, 0.3) is 0 Å². The predicted molar refractivity (Wildman–Crippen MR) is 126 cm³/mol. The highest BCUT2D eigenvalue weighted by atomic mass is 19.1. The van der Waals surface area contributed by atoms with E-state index in [1.807, 2.05) is 23.9 Å². The first-order valence-corrected chi connectivity index (χ1v) is 11.5. The molecule has 0 aliphatic carbocycles. The summed E-state index contributed by atoms with van der Waals surface area (Å²) in [5.74, 6) is 0.572. The van der Waals surface area contributed by atoms with E-state index >= 15 is 0 Å². The number of aryl methyl sites for hydroxylation is 2. The Morgan fingerprint density at radius 2 is 1.91 bits per heavy atom. The minimum atomic E-state index is -0.220. The second-order valence-corrected chi connectivity index (χ2v) is 8.46. The van der Waals surface area contributed by atoms with Gasteiger partial charge in [-0.15, -0.1) is 0 Å². The summed E-state index contributed by atoms with van der Waals surface area (Å²) in [4.78, 5) is 7.29. The Bertz CT molecular complexity index is 889. The lowest BCUT2D eigenvalue weighted by Crippen LogP contribution is -2.44. The van der Waals surface area contributed by atoms with Crippen molar-refractivity contribution in [3.05, 3.63) is 52.6 Å². The monoisotopic (exact) mass is 444 g/mol. The van der Waals surface area contributed by atoms with E-state index in [0.29, 0.717) is 19.8 Å². The van der Waals surface area contributed by atoms with Gasteiger partial charge in [0.2, 0.25) is 0 Å². The fourth-order valence-corrected chi connectivity index (χ4v) is 4.21. The molecule has 2 aromatic rings. The molecular weight excluding hydrogens is 407 g/mol. The number of benzene rings is 1. The summed E-state index contributed by atoms with van der Waals surface area (Å²) in [6, 6.07) is 7.05. The van der Waals surface area contributed by atoms with Crippen molar-refractivity contribution >= 4 is 5.96 Å². The molecule has 1 aliphatic heterocycles. The highest BCUT2D eigenvalue weighted by Gasteiger charge is 2.23. The van der Waals surface area contributed by atoms with Gasteiger partial charge in [-0.25, -0.2) is 4.39 Å². The number of rotatable bonds is 8. The average molecular weight is 445 g/mol. The average Bonchev–Trinajstić information content (AvgIpc) is 3.01.